The lowest BCUT2D eigenvalue weighted by Gasteiger charge is -2.08. The third-order valence-electron chi connectivity index (χ3n) is 2.39. The normalized spacial score (nSPS) is 11.4. The molecule has 0 saturated carbocycles. The van der Waals surface area contributed by atoms with Crippen LogP contribution in [0.1, 0.15) is 0 Å². The van der Waals surface area contributed by atoms with Crippen LogP contribution in [0.3, 0.4) is 0 Å². The summed E-state index contributed by atoms with van der Waals surface area (Å²) in [5.41, 5.74) is 1.43. The molecule has 5 nitrogen and oxygen atoms in total. The lowest BCUT2D eigenvalue weighted by Crippen LogP contribution is -2.12. The Morgan fingerprint density at radius 1 is 1.29 bits per heavy atom. The van der Waals surface area contributed by atoms with Crippen LogP contribution in [0, 0.1) is 0 Å². The summed E-state index contributed by atoms with van der Waals surface area (Å²) >= 11 is 0. The van der Waals surface area contributed by atoms with Gasteiger partial charge in [-0.3, -0.25) is 0 Å². The van der Waals surface area contributed by atoms with Gasteiger partial charge in [0.2, 0.25) is 10.0 Å². The zero-order chi connectivity index (χ0) is 12.5. The van der Waals surface area contributed by atoms with Gasteiger partial charge in [-0.05, 0) is 30.3 Å². The van der Waals surface area contributed by atoms with Crippen LogP contribution >= 0.6 is 0 Å². The number of hydrogen-bond donors (Lipinski definition) is 2. The Kier molecular flexibility index (Phi) is 2.91. The quantitative estimate of drug-likeness (QED) is 0.864. The molecule has 0 atom stereocenters. The molecular formula is C11H12N2O3S. The fraction of sp³-hybridized carbons (Fsp3) is 0.0909. The van der Waals surface area contributed by atoms with Crippen LogP contribution in [-0.2, 0) is 10.0 Å². The van der Waals surface area contributed by atoms with Crippen molar-refractivity contribution in [3.8, 4) is 17.0 Å². The maximum Gasteiger partial charge on any atom is 0.238 e. The maximum absolute atomic E-state index is 11.3. The number of aromatic nitrogens is 1. The highest BCUT2D eigenvalue weighted by Crippen LogP contribution is 2.30. The van der Waals surface area contributed by atoms with Gasteiger partial charge in [0, 0.05) is 17.5 Å². The van der Waals surface area contributed by atoms with E-state index in [1.165, 1.54) is 19.2 Å². The molecule has 1 aromatic heterocycles. The number of hydrogen-bond acceptors (Lipinski definition) is 3. The molecule has 0 amide bonds. The Hall–Kier alpha value is -1.79. The van der Waals surface area contributed by atoms with E-state index in [2.05, 4.69) is 4.98 Å². The highest BCUT2D eigenvalue weighted by atomic mass is 32.2. The van der Waals surface area contributed by atoms with Crippen molar-refractivity contribution in [2.75, 3.05) is 7.11 Å². The Bertz CT molecular complexity index is 618. The van der Waals surface area contributed by atoms with E-state index in [9.17, 15) is 8.42 Å². The molecular weight excluding hydrogens is 240 g/mol. The van der Waals surface area contributed by atoms with E-state index in [1.54, 1.807) is 12.3 Å². The molecule has 0 aliphatic rings. The van der Waals surface area contributed by atoms with E-state index in [1.807, 2.05) is 12.1 Å². The minimum absolute atomic E-state index is 0.0582. The van der Waals surface area contributed by atoms with E-state index in [4.69, 9.17) is 9.88 Å². The molecule has 17 heavy (non-hydrogen) atoms. The molecule has 0 radical (unpaired) electrons. The first-order valence-corrected chi connectivity index (χ1v) is 6.41. The van der Waals surface area contributed by atoms with Crippen LogP contribution in [-0.4, -0.2) is 20.5 Å². The van der Waals surface area contributed by atoms with Crippen molar-refractivity contribution in [1.29, 1.82) is 0 Å². The largest absolute Gasteiger partial charge is 0.496 e. The van der Waals surface area contributed by atoms with Crippen LogP contribution in [0.4, 0.5) is 0 Å². The summed E-state index contributed by atoms with van der Waals surface area (Å²) in [5.74, 6) is 0.583. The van der Waals surface area contributed by atoms with Crippen molar-refractivity contribution >= 4 is 10.0 Å². The van der Waals surface area contributed by atoms with Gasteiger partial charge in [-0.2, -0.15) is 0 Å². The third-order valence-corrected chi connectivity index (χ3v) is 3.30. The van der Waals surface area contributed by atoms with Gasteiger partial charge in [-0.25, -0.2) is 13.6 Å². The van der Waals surface area contributed by atoms with Crippen molar-refractivity contribution in [1.82, 2.24) is 4.98 Å². The molecule has 0 saturated heterocycles. The first-order valence-electron chi connectivity index (χ1n) is 4.87. The molecule has 90 valence electrons. The molecule has 0 unspecified atom stereocenters. The second kappa shape index (κ2) is 4.23. The minimum Gasteiger partial charge on any atom is -0.496 e. The summed E-state index contributed by atoms with van der Waals surface area (Å²) in [7, 11) is -2.18. The average molecular weight is 252 g/mol. The van der Waals surface area contributed by atoms with E-state index < -0.39 is 10.0 Å². The Morgan fingerprint density at radius 2 is 2.06 bits per heavy atom. The average Bonchev–Trinajstić information content (AvgIpc) is 2.80. The molecule has 2 aromatic rings. The monoisotopic (exact) mass is 252 g/mol. The second-order valence-electron chi connectivity index (χ2n) is 3.49. The fourth-order valence-corrected chi connectivity index (χ4v) is 2.11. The van der Waals surface area contributed by atoms with Crippen molar-refractivity contribution in [2.24, 2.45) is 5.14 Å². The Balaban J connectivity index is 2.63. The molecule has 0 bridgehead atoms. The van der Waals surface area contributed by atoms with E-state index in [-0.39, 0.29) is 4.90 Å². The van der Waals surface area contributed by atoms with Crippen LogP contribution < -0.4 is 9.88 Å². The summed E-state index contributed by atoms with van der Waals surface area (Å²) < 4.78 is 27.7. The molecule has 1 heterocycles. The number of H-pyrrole nitrogens is 1. The number of aromatic amines is 1. The van der Waals surface area contributed by atoms with Gasteiger partial charge in [-0.1, -0.05) is 0 Å². The lowest BCUT2D eigenvalue weighted by atomic mass is 10.1. The molecule has 1 aromatic carbocycles. The molecule has 0 aliphatic carbocycles. The Morgan fingerprint density at radius 3 is 2.59 bits per heavy atom. The summed E-state index contributed by atoms with van der Waals surface area (Å²) in [5, 5.41) is 5.09. The molecule has 0 aliphatic heterocycles. The van der Waals surface area contributed by atoms with Gasteiger partial charge in [-0.15, -0.1) is 0 Å². The first kappa shape index (κ1) is 11.7. The SMILES string of the molecule is COc1ccc(S(N)(=O)=O)cc1-c1ccc[nH]1. The van der Waals surface area contributed by atoms with Crippen molar-refractivity contribution in [3.05, 3.63) is 36.5 Å². The van der Waals surface area contributed by atoms with Crippen LogP contribution in [0.2, 0.25) is 0 Å². The number of sulfonamides is 1. The van der Waals surface area contributed by atoms with Crippen LogP contribution in [0.25, 0.3) is 11.3 Å². The molecule has 6 heteroatoms. The van der Waals surface area contributed by atoms with E-state index >= 15 is 0 Å². The molecule has 3 N–H and O–H groups in total. The smallest absolute Gasteiger partial charge is 0.238 e. The predicted octanol–water partition coefficient (Wildman–Crippen LogP) is 1.34. The minimum atomic E-state index is -3.71. The highest BCUT2D eigenvalue weighted by molar-refractivity contribution is 7.89. The fourth-order valence-electron chi connectivity index (χ4n) is 1.57. The summed E-state index contributed by atoms with van der Waals surface area (Å²) in [6, 6.07) is 8.12. The summed E-state index contributed by atoms with van der Waals surface area (Å²) in [6.07, 6.45) is 1.75. The van der Waals surface area contributed by atoms with Crippen molar-refractivity contribution in [2.45, 2.75) is 4.90 Å². The van der Waals surface area contributed by atoms with Crippen LogP contribution in [0.15, 0.2) is 41.4 Å². The van der Waals surface area contributed by atoms with Crippen molar-refractivity contribution < 1.29 is 13.2 Å². The van der Waals surface area contributed by atoms with E-state index in [0.717, 1.165) is 5.69 Å². The number of ether oxygens (including phenoxy) is 1. The maximum atomic E-state index is 11.3. The lowest BCUT2D eigenvalue weighted by molar-refractivity contribution is 0.416. The summed E-state index contributed by atoms with van der Waals surface area (Å²) in [4.78, 5) is 3.05. The van der Waals surface area contributed by atoms with Crippen molar-refractivity contribution in [3.63, 3.8) is 0 Å². The second-order valence-corrected chi connectivity index (χ2v) is 5.05. The number of benzene rings is 1. The molecule has 2 rings (SSSR count). The topological polar surface area (TPSA) is 85.2 Å². The number of nitrogens with two attached hydrogens (primary N) is 1. The number of nitrogens with one attached hydrogen (secondary N) is 1. The zero-order valence-electron chi connectivity index (χ0n) is 9.17. The van der Waals surface area contributed by atoms with Gasteiger partial charge in [0.05, 0.1) is 12.0 Å². The number of primary sulfonamides is 1. The number of rotatable bonds is 3. The standard InChI is InChI=1S/C11H12N2O3S/c1-16-11-5-4-8(17(12,14)15)7-9(11)10-3-2-6-13-10/h2-7,13H,1H3,(H2,12,14,15). The zero-order valence-corrected chi connectivity index (χ0v) is 9.99. The van der Waals surface area contributed by atoms with Gasteiger partial charge < -0.3 is 9.72 Å². The highest BCUT2D eigenvalue weighted by Gasteiger charge is 2.13. The Labute approximate surface area is 99.3 Å². The van der Waals surface area contributed by atoms with Gasteiger partial charge >= 0.3 is 0 Å². The molecule has 0 fully saturated rings. The van der Waals surface area contributed by atoms with E-state index in [0.29, 0.717) is 11.3 Å². The van der Waals surface area contributed by atoms with Gasteiger partial charge in [0.25, 0.3) is 0 Å². The third kappa shape index (κ3) is 2.32. The van der Waals surface area contributed by atoms with Gasteiger partial charge in [0.1, 0.15) is 5.75 Å². The predicted molar refractivity (Wildman–Crippen MR) is 64.2 cm³/mol. The summed E-state index contributed by atoms with van der Waals surface area (Å²) in [6.45, 7) is 0. The van der Waals surface area contributed by atoms with Gasteiger partial charge in [0.15, 0.2) is 0 Å². The van der Waals surface area contributed by atoms with Crippen LogP contribution in [0.5, 0.6) is 5.75 Å². The molecule has 0 spiro atoms. The first-order chi connectivity index (χ1) is 8.02. The number of methoxy groups -OCH3 is 1.